The number of nitrogens with one attached hydrogen (secondary N) is 2. The van der Waals surface area contributed by atoms with Crippen molar-refractivity contribution in [2.45, 2.75) is 38.5 Å². The molecule has 0 radical (unpaired) electrons. The van der Waals surface area contributed by atoms with E-state index in [1.54, 1.807) is 5.38 Å². The van der Waals surface area contributed by atoms with Gasteiger partial charge in [0.05, 0.1) is 0 Å². The summed E-state index contributed by atoms with van der Waals surface area (Å²) in [6.45, 7) is 7.97. The predicted octanol–water partition coefficient (Wildman–Crippen LogP) is 5.47. The Morgan fingerprint density at radius 3 is 2.36 bits per heavy atom. The second kappa shape index (κ2) is 9.15. The Balaban J connectivity index is 1.63. The van der Waals surface area contributed by atoms with E-state index in [1.165, 1.54) is 30.3 Å². The number of anilines is 3. The van der Waals surface area contributed by atoms with Crippen molar-refractivity contribution in [3.63, 3.8) is 0 Å². The third-order valence-corrected chi connectivity index (χ3v) is 8.28. The van der Waals surface area contributed by atoms with E-state index in [2.05, 4.69) is 27.9 Å². The van der Waals surface area contributed by atoms with E-state index in [0.29, 0.717) is 5.69 Å². The van der Waals surface area contributed by atoms with Gasteiger partial charge >= 0.3 is 0 Å². The summed E-state index contributed by atoms with van der Waals surface area (Å²) in [5.74, 6) is -0.947. The van der Waals surface area contributed by atoms with Crippen LogP contribution in [0.25, 0.3) is 0 Å². The van der Waals surface area contributed by atoms with Crippen molar-refractivity contribution in [1.29, 1.82) is 0 Å². The third kappa shape index (κ3) is 4.74. The van der Waals surface area contributed by atoms with Crippen LogP contribution in [0.3, 0.4) is 0 Å². The van der Waals surface area contributed by atoms with Crippen molar-refractivity contribution < 1.29 is 17.6 Å². The molecule has 1 saturated heterocycles. The molecule has 0 atom stereocenters. The molecule has 4 rings (SSSR count). The molecule has 1 fully saturated rings. The smallest absolute Gasteiger partial charge is 0.267 e. The molecule has 33 heavy (non-hydrogen) atoms. The van der Waals surface area contributed by atoms with Gasteiger partial charge in [-0.05, 0) is 86.0 Å². The van der Waals surface area contributed by atoms with Gasteiger partial charge in [0.1, 0.15) is 15.6 Å². The van der Waals surface area contributed by atoms with Crippen molar-refractivity contribution in [3.8, 4) is 0 Å². The van der Waals surface area contributed by atoms with E-state index in [9.17, 15) is 17.6 Å². The first-order valence-electron chi connectivity index (χ1n) is 10.7. The van der Waals surface area contributed by atoms with Crippen LogP contribution >= 0.6 is 11.3 Å². The second-order valence-corrected chi connectivity index (χ2v) is 10.8. The monoisotopic (exact) mass is 487 g/mol. The average molecular weight is 488 g/mol. The summed E-state index contributed by atoms with van der Waals surface area (Å²) in [5, 5.41) is 4.53. The average Bonchev–Trinajstić information content (AvgIpc) is 3.45. The number of benzene rings is 2. The summed E-state index contributed by atoms with van der Waals surface area (Å²) >= 11 is 1.06. The van der Waals surface area contributed by atoms with Gasteiger partial charge in [-0.15, -0.1) is 11.3 Å². The highest BCUT2D eigenvalue weighted by atomic mass is 32.2. The first-order chi connectivity index (χ1) is 15.7. The molecule has 0 unspecified atom stereocenters. The molecule has 0 spiro atoms. The van der Waals surface area contributed by atoms with Crippen LogP contribution in [-0.2, 0) is 10.0 Å². The molecule has 1 amide bonds. The van der Waals surface area contributed by atoms with Gasteiger partial charge in [-0.2, -0.15) is 0 Å². The molecule has 1 aromatic heterocycles. The predicted molar refractivity (Wildman–Crippen MR) is 132 cm³/mol. The summed E-state index contributed by atoms with van der Waals surface area (Å²) < 4.78 is 41.5. The lowest BCUT2D eigenvalue weighted by Gasteiger charge is -2.26. The van der Waals surface area contributed by atoms with E-state index < -0.39 is 21.7 Å². The molecular formula is C24H26FN3O3S2. The van der Waals surface area contributed by atoms with Gasteiger partial charge in [0.15, 0.2) is 0 Å². The molecule has 1 aliphatic rings. The van der Waals surface area contributed by atoms with Gasteiger partial charge in [-0.25, -0.2) is 12.8 Å². The summed E-state index contributed by atoms with van der Waals surface area (Å²) in [4.78, 5) is 15.5. The van der Waals surface area contributed by atoms with Gasteiger partial charge in [-0.1, -0.05) is 6.07 Å². The Morgan fingerprint density at radius 1 is 1.03 bits per heavy atom. The van der Waals surface area contributed by atoms with Crippen LogP contribution in [0.5, 0.6) is 0 Å². The molecule has 0 bridgehead atoms. The Kier molecular flexibility index (Phi) is 6.45. The molecule has 174 valence electrons. The van der Waals surface area contributed by atoms with Crippen molar-refractivity contribution in [2.24, 2.45) is 0 Å². The van der Waals surface area contributed by atoms with Crippen molar-refractivity contribution in [2.75, 3.05) is 28.0 Å². The van der Waals surface area contributed by atoms with Crippen LogP contribution in [-0.4, -0.2) is 27.4 Å². The van der Waals surface area contributed by atoms with Gasteiger partial charge in [0.2, 0.25) is 0 Å². The number of carbonyl (C=O) groups excluding carboxylic acids is 1. The van der Waals surface area contributed by atoms with Crippen LogP contribution in [0.4, 0.5) is 21.5 Å². The fourth-order valence-electron chi connectivity index (χ4n) is 4.37. The second-order valence-electron chi connectivity index (χ2n) is 8.23. The molecule has 0 aliphatic carbocycles. The largest absolute Gasteiger partial charge is 0.371 e. The number of thiophene rings is 1. The standard InChI is InChI=1S/C24H26FN3O3S2/c1-15-14-16(2)22(28-11-4-5-12-28)17(3)21(15)26-24(29)23-20(10-13-32-23)33(30,31)27-19-8-6-18(25)7-9-19/h6-10,13-14,27H,4-5,11-12H2,1-3H3,(H,26,29). The van der Waals surface area contributed by atoms with E-state index in [1.807, 2.05) is 13.8 Å². The number of nitrogens with zero attached hydrogens (tertiary/aromatic N) is 1. The van der Waals surface area contributed by atoms with E-state index in [4.69, 9.17) is 0 Å². The molecule has 6 nitrogen and oxygen atoms in total. The molecule has 3 aromatic rings. The normalized spacial score (nSPS) is 13.9. The minimum absolute atomic E-state index is 0.0895. The van der Waals surface area contributed by atoms with Gasteiger partial charge in [-0.3, -0.25) is 9.52 Å². The Morgan fingerprint density at radius 2 is 1.70 bits per heavy atom. The number of amides is 1. The van der Waals surface area contributed by atoms with Crippen molar-refractivity contribution >= 4 is 44.3 Å². The zero-order chi connectivity index (χ0) is 23.8. The summed E-state index contributed by atoms with van der Waals surface area (Å²) in [6.07, 6.45) is 2.29. The molecule has 1 aliphatic heterocycles. The fraction of sp³-hybridized carbons (Fsp3) is 0.292. The van der Waals surface area contributed by atoms with Crippen LogP contribution in [0.2, 0.25) is 0 Å². The minimum atomic E-state index is -4.03. The van der Waals surface area contributed by atoms with Crippen LogP contribution < -0.4 is 14.9 Å². The molecule has 2 N–H and O–H groups in total. The molecule has 0 saturated carbocycles. The SMILES string of the molecule is Cc1cc(C)c(N2CCCC2)c(C)c1NC(=O)c1sccc1S(=O)(=O)Nc1ccc(F)cc1. The Labute approximate surface area is 197 Å². The van der Waals surface area contributed by atoms with E-state index in [-0.39, 0.29) is 15.5 Å². The van der Waals surface area contributed by atoms with Crippen LogP contribution in [0, 0.1) is 26.6 Å². The van der Waals surface area contributed by atoms with Crippen molar-refractivity contribution in [3.05, 3.63) is 69.2 Å². The Hall–Kier alpha value is -2.91. The number of carbonyl (C=O) groups is 1. The summed E-state index contributed by atoms with van der Waals surface area (Å²) in [6, 6.07) is 8.45. The lowest BCUT2D eigenvalue weighted by molar-refractivity contribution is 0.102. The maximum absolute atomic E-state index is 13.2. The highest BCUT2D eigenvalue weighted by Gasteiger charge is 2.26. The lowest BCUT2D eigenvalue weighted by atomic mass is 10.0. The molecule has 2 heterocycles. The fourth-order valence-corrected chi connectivity index (χ4v) is 6.75. The zero-order valence-electron chi connectivity index (χ0n) is 18.7. The first-order valence-corrected chi connectivity index (χ1v) is 13.1. The summed E-state index contributed by atoms with van der Waals surface area (Å²) in [5.41, 5.74) is 5.11. The highest BCUT2D eigenvalue weighted by molar-refractivity contribution is 7.93. The third-order valence-electron chi connectivity index (χ3n) is 5.81. The van der Waals surface area contributed by atoms with Gasteiger partial charge < -0.3 is 10.2 Å². The maximum Gasteiger partial charge on any atom is 0.267 e. The Bertz CT molecular complexity index is 1300. The number of hydrogen-bond acceptors (Lipinski definition) is 5. The molecule has 9 heteroatoms. The number of aryl methyl sites for hydroxylation is 2. The first kappa shape index (κ1) is 23.3. The van der Waals surface area contributed by atoms with Crippen LogP contribution in [0.15, 0.2) is 46.7 Å². The number of sulfonamides is 1. The highest BCUT2D eigenvalue weighted by Crippen LogP contribution is 2.36. The minimum Gasteiger partial charge on any atom is -0.371 e. The number of halogens is 1. The van der Waals surface area contributed by atoms with Crippen molar-refractivity contribution in [1.82, 2.24) is 0 Å². The summed E-state index contributed by atoms with van der Waals surface area (Å²) in [7, 11) is -4.03. The maximum atomic E-state index is 13.2. The number of rotatable bonds is 6. The molecule has 2 aromatic carbocycles. The lowest BCUT2D eigenvalue weighted by Crippen LogP contribution is -2.22. The van der Waals surface area contributed by atoms with E-state index >= 15 is 0 Å². The number of hydrogen-bond donors (Lipinski definition) is 2. The quantitative estimate of drug-likeness (QED) is 0.484. The topological polar surface area (TPSA) is 78.5 Å². The van der Waals surface area contributed by atoms with Gasteiger partial charge in [0, 0.05) is 30.2 Å². The molecular weight excluding hydrogens is 461 g/mol. The zero-order valence-corrected chi connectivity index (χ0v) is 20.4. The van der Waals surface area contributed by atoms with Gasteiger partial charge in [0.25, 0.3) is 15.9 Å². The van der Waals surface area contributed by atoms with E-state index in [0.717, 1.165) is 59.6 Å². The van der Waals surface area contributed by atoms with Crippen LogP contribution in [0.1, 0.15) is 39.2 Å².